The number of hydrogen-bond acceptors (Lipinski definition) is 3. The minimum atomic E-state index is -0.642. The molecule has 5 nitrogen and oxygen atoms in total. The third-order valence-corrected chi connectivity index (χ3v) is 2.48. The van der Waals surface area contributed by atoms with E-state index in [0.717, 1.165) is 24.8 Å². The summed E-state index contributed by atoms with van der Waals surface area (Å²) in [6.07, 6.45) is 7.37. The number of allylic oxidation sites excluding steroid dienone is 2. The fraction of sp³-hybridized carbons (Fsp3) is 0.667. The number of hydrogen-bond donors (Lipinski definition) is 0. The molecule has 0 fully saturated rings. The van der Waals surface area contributed by atoms with Gasteiger partial charge in [0.25, 0.3) is 0 Å². The lowest BCUT2D eigenvalue weighted by Gasteiger charge is -2.17. The van der Waals surface area contributed by atoms with E-state index in [1.165, 1.54) is 12.8 Å². The summed E-state index contributed by atoms with van der Waals surface area (Å²) < 4.78 is 10.5. The Bertz CT molecular complexity index is 333. The Balaban J connectivity index is 2.16. The van der Waals surface area contributed by atoms with Gasteiger partial charge in [-0.1, -0.05) is 6.92 Å². The van der Waals surface area contributed by atoms with E-state index in [1.54, 1.807) is 0 Å². The van der Waals surface area contributed by atoms with Crippen molar-refractivity contribution < 1.29 is 19.1 Å². The Labute approximate surface area is 101 Å². The quantitative estimate of drug-likeness (QED) is 0.307. The molecule has 5 heteroatoms. The van der Waals surface area contributed by atoms with Gasteiger partial charge in [-0.2, -0.15) is 4.79 Å². The van der Waals surface area contributed by atoms with Crippen LogP contribution in [0.2, 0.25) is 0 Å². The van der Waals surface area contributed by atoms with Crippen LogP contribution in [0.1, 0.15) is 32.6 Å². The van der Waals surface area contributed by atoms with Gasteiger partial charge >= 0.3 is 12.2 Å². The molecule has 0 N–H and O–H groups in total. The first-order chi connectivity index (χ1) is 8.22. The lowest BCUT2D eigenvalue weighted by Crippen LogP contribution is -2.17. The van der Waals surface area contributed by atoms with E-state index < -0.39 is 5.97 Å². The van der Waals surface area contributed by atoms with Crippen molar-refractivity contribution in [1.82, 2.24) is 0 Å². The smallest absolute Gasteiger partial charge is 0.413 e. The number of carbonyl (C=O) groups excluding carboxylic acids is 1. The minimum Gasteiger partial charge on any atom is -0.498 e. The second kappa shape index (κ2) is 7.63. The number of carbonyl (C=O) groups is 1. The molecule has 0 unspecified atom stereocenters. The van der Waals surface area contributed by atoms with Gasteiger partial charge in [-0.3, -0.25) is 0 Å². The molecule has 0 radical (unpaired) electrons. The standard InChI is InChI=1S/C12H18N2O3/c1-10(9-17-12(15)7-14-13)8-16-11-5-3-2-4-6-11/h5,7,10H,2-4,6,8-9H2,1H3/t10-/m1/s1. The summed E-state index contributed by atoms with van der Waals surface area (Å²) in [6.45, 7) is 2.74. The maximum atomic E-state index is 10.9. The van der Waals surface area contributed by atoms with Gasteiger partial charge in [-0.05, 0) is 25.3 Å². The molecule has 1 rings (SSSR count). The predicted molar refractivity (Wildman–Crippen MR) is 62.3 cm³/mol. The van der Waals surface area contributed by atoms with E-state index in [4.69, 9.17) is 15.0 Å². The van der Waals surface area contributed by atoms with Gasteiger partial charge in [-0.25, -0.2) is 4.79 Å². The molecule has 0 bridgehead atoms. The molecule has 0 aliphatic heterocycles. The average molecular weight is 238 g/mol. The summed E-state index contributed by atoms with van der Waals surface area (Å²) in [5, 5.41) is 0. The van der Waals surface area contributed by atoms with Gasteiger partial charge in [0.1, 0.15) is 0 Å². The Morgan fingerprint density at radius 2 is 2.41 bits per heavy atom. The van der Waals surface area contributed by atoms with E-state index in [2.05, 4.69) is 10.9 Å². The Morgan fingerprint density at radius 3 is 3.06 bits per heavy atom. The first-order valence-electron chi connectivity index (χ1n) is 5.88. The molecular weight excluding hydrogens is 220 g/mol. The van der Waals surface area contributed by atoms with Crippen LogP contribution < -0.4 is 0 Å². The van der Waals surface area contributed by atoms with Crippen molar-refractivity contribution in [2.45, 2.75) is 32.6 Å². The molecule has 0 heterocycles. The first kappa shape index (κ1) is 13.5. The second-order valence-electron chi connectivity index (χ2n) is 4.21. The number of rotatable bonds is 6. The monoisotopic (exact) mass is 238 g/mol. The molecule has 1 aliphatic rings. The average Bonchev–Trinajstić information content (AvgIpc) is 2.35. The number of esters is 1. The molecule has 1 aliphatic carbocycles. The van der Waals surface area contributed by atoms with E-state index in [0.29, 0.717) is 6.61 Å². The highest BCUT2D eigenvalue weighted by Crippen LogP contribution is 2.18. The van der Waals surface area contributed by atoms with Crippen LogP contribution in [0.15, 0.2) is 11.8 Å². The van der Waals surface area contributed by atoms with E-state index in [1.807, 2.05) is 6.92 Å². The van der Waals surface area contributed by atoms with Crippen molar-refractivity contribution in [3.05, 3.63) is 17.4 Å². The third-order valence-electron chi connectivity index (χ3n) is 2.48. The zero-order valence-electron chi connectivity index (χ0n) is 10.1. The van der Waals surface area contributed by atoms with Gasteiger partial charge in [0, 0.05) is 12.3 Å². The van der Waals surface area contributed by atoms with Crippen molar-refractivity contribution in [3.63, 3.8) is 0 Å². The van der Waals surface area contributed by atoms with E-state index >= 15 is 0 Å². The van der Waals surface area contributed by atoms with Gasteiger partial charge in [0.15, 0.2) is 0 Å². The largest absolute Gasteiger partial charge is 0.498 e. The van der Waals surface area contributed by atoms with E-state index in [9.17, 15) is 4.79 Å². The highest BCUT2D eigenvalue weighted by molar-refractivity contribution is 6.20. The van der Waals surface area contributed by atoms with Crippen LogP contribution in [-0.2, 0) is 14.3 Å². The Kier molecular flexibility index (Phi) is 6.04. The summed E-state index contributed by atoms with van der Waals surface area (Å²) in [4.78, 5) is 13.5. The molecule has 0 aromatic rings. The maximum absolute atomic E-state index is 10.9. The van der Waals surface area contributed by atoms with Crippen molar-refractivity contribution in [2.75, 3.05) is 13.2 Å². The van der Waals surface area contributed by atoms with Gasteiger partial charge in [0.05, 0.1) is 19.0 Å². The summed E-state index contributed by atoms with van der Waals surface area (Å²) in [6, 6.07) is 0. The molecule has 0 aromatic heterocycles. The van der Waals surface area contributed by atoms with Crippen molar-refractivity contribution in [2.24, 2.45) is 5.92 Å². The fourth-order valence-electron chi connectivity index (χ4n) is 1.55. The highest BCUT2D eigenvalue weighted by atomic mass is 16.5. The molecule has 94 valence electrons. The molecule has 0 amide bonds. The SMILES string of the molecule is C[C@@H](COC(=O)C=[N+]=[N-])COC1=CCCCC1. The third kappa shape index (κ3) is 5.88. The van der Waals surface area contributed by atoms with Crippen LogP contribution >= 0.6 is 0 Å². The van der Waals surface area contributed by atoms with Crippen LogP contribution in [-0.4, -0.2) is 30.2 Å². The van der Waals surface area contributed by atoms with Crippen molar-refractivity contribution >= 4 is 12.2 Å². The highest BCUT2D eigenvalue weighted by Gasteiger charge is 2.10. The van der Waals surface area contributed by atoms with Crippen molar-refractivity contribution in [3.8, 4) is 0 Å². The van der Waals surface area contributed by atoms with Crippen molar-refractivity contribution in [1.29, 1.82) is 0 Å². The Hall–Kier alpha value is -1.61. The number of nitrogens with zero attached hydrogens (tertiary/aromatic N) is 2. The van der Waals surface area contributed by atoms with Crippen LogP contribution in [0.3, 0.4) is 0 Å². The normalized spacial score (nSPS) is 16.4. The molecule has 0 saturated heterocycles. The minimum absolute atomic E-state index is 0.119. The maximum Gasteiger partial charge on any atom is 0.413 e. The molecule has 0 spiro atoms. The lowest BCUT2D eigenvalue weighted by molar-refractivity contribution is -0.140. The zero-order valence-corrected chi connectivity index (χ0v) is 10.1. The van der Waals surface area contributed by atoms with Gasteiger partial charge in [0.2, 0.25) is 0 Å². The van der Waals surface area contributed by atoms with Crippen LogP contribution in [0, 0.1) is 5.92 Å². The second-order valence-corrected chi connectivity index (χ2v) is 4.21. The van der Waals surface area contributed by atoms with Crippen LogP contribution in [0.4, 0.5) is 0 Å². The summed E-state index contributed by atoms with van der Waals surface area (Å²) >= 11 is 0. The van der Waals surface area contributed by atoms with Gasteiger partial charge in [-0.15, -0.1) is 0 Å². The molecule has 0 saturated carbocycles. The summed E-state index contributed by atoms with van der Waals surface area (Å²) in [5.41, 5.74) is 8.11. The summed E-state index contributed by atoms with van der Waals surface area (Å²) in [7, 11) is 0. The lowest BCUT2D eigenvalue weighted by atomic mass is 10.1. The van der Waals surface area contributed by atoms with Crippen LogP contribution in [0.5, 0.6) is 0 Å². The van der Waals surface area contributed by atoms with E-state index in [-0.39, 0.29) is 12.5 Å². The van der Waals surface area contributed by atoms with Crippen LogP contribution in [0.25, 0.3) is 5.53 Å². The van der Waals surface area contributed by atoms with Gasteiger partial charge < -0.3 is 15.0 Å². The molecule has 1 atom stereocenters. The number of ether oxygens (including phenoxy) is 2. The molecular formula is C12H18N2O3. The molecule has 0 aromatic carbocycles. The summed E-state index contributed by atoms with van der Waals surface area (Å²) in [5.74, 6) is 0.524. The topological polar surface area (TPSA) is 71.9 Å². The molecule has 17 heavy (non-hydrogen) atoms. The zero-order chi connectivity index (χ0) is 12.5. The predicted octanol–water partition coefficient (Wildman–Crippen LogP) is 1.94. The fourth-order valence-corrected chi connectivity index (χ4v) is 1.55. The Morgan fingerprint density at radius 1 is 1.59 bits per heavy atom. The first-order valence-corrected chi connectivity index (χ1v) is 5.88.